The molecule has 1 atom stereocenters. The zero-order valence-corrected chi connectivity index (χ0v) is 15.0. The second-order valence-corrected chi connectivity index (χ2v) is 6.29. The first-order chi connectivity index (χ1) is 12.6. The fourth-order valence-electron chi connectivity index (χ4n) is 2.78. The van der Waals surface area contributed by atoms with Crippen LogP contribution in [0.4, 0.5) is 9.18 Å². The number of para-hydroxylation sites is 2. The number of rotatable bonds is 6. The van der Waals surface area contributed by atoms with Gasteiger partial charge in [0, 0.05) is 24.7 Å². The van der Waals surface area contributed by atoms with Crippen LogP contribution in [0.3, 0.4) is 0 Å². The lowest BCUT2D eigenvalue weighted by molar-refractivity contribution is 0.237. The molecule has 136 valence electrons. The zero-order chi connectivity index (χ0) is 18.5. The molecule has 0 spiro atoms. The van der Waals surface area contributed by atoms with Crippen molar-refractivity contribution in [3.63, 3.8) is 0 Å². The minimum atomic E-state index is -0.278. The SMILES string of the molecule is CCC(C)NC(=O)NCCn1c(-c2ccc(F)cc2)nc2ccccc21. The van der Waals surface area contributed by atoms with E-state index >= 15 is 0 Å². The van der Waals surface area contributed by atoms with Crippen LogP contribution in [0.25, 0.3) is 22.4 Å². The molecule has 0 bridgehead atoms. The molecule has 3 rings (SSSR count). The van der Waals surface area contributed by atoms with Crippen LogP contribution in [0.1, 0.15) is 20.3 Å². The standard InChI is InChI=1S/C20H23FN4O/c1-3-14(2)23-20(26)22-12-13-25-18-7-5-4-6-17(18)24-19(25)15-8-10-16(21)11-9-15/h4-11,14H,3,12-13H2,1-2H3,(H2,22,23,26). The highest BCUT2D eigenvalue weighted by molar-refractivity contribution is 5.80. The van der Waals surface area contributed by atoms with E-state index in [4.69, 9.17) is 0 Å². The number of aromatic nitrogens is 2. The van der Waals surface area contributed by atoms with Gasteiger partial charge in [0.05, 0.1) is 11.0 Å². The fourth-order valence-corrected chi connectivity index (χ4v) is 2.78. The average molecular weight is 354 g/mol. The van der Waals surface area contributed by atoms with Gasteiger partial charge in [0.15, 0.2) is 0 Å². The predicted octanol–water partition coefficient (Wildman–Crippen LogP) is 3.94. The number of urea groups is 1. The van der Waals surface area contributed by atoms with E-state index in [-0.39, 0.29) is 17.9 Å². The molecule has 0 aliphatic rings. The molecule has 3 aromatic rings. The number of carbonyl (C=O) groups is 1. The van der Waals surface area contributed by atoms with Crippen molar-refractivity contribution in [3.8, 4) is 11.4 Å². The third kappa shape index (κ3) is 4.02. The van der Waals surface area contributed by atoms with Gasteiger partial charge in [0.2, 0.25) is 0 Å². The molecule has 0 aliphatic carbocycles. The van der Waals surface area contributed by atoms with Crippen molar-refractivity contribution in [3.05, 3.63) is 54.3 Å². The van der Waals surface area contributed by atoms with E-state index in [0.29, 0.717) is 13.1 Å². The Hall–Kier alpha value is -2.89. The molecular formula is C20H23FN4O. The number of hydrogen-bond acceptors (Lipinski definition) is 2. The first kappa shape index (κ1) is 17.9. The van der Waals surface area contributed by atoms with Crippen molar-refractivity contribution in [1.29, 1.82) is 0 Å². The summed E-state index contributed by atoms with van der Waals surface area (Å²) >= 11 is 0. The van der Waals surface area contributed by atoms with E-state index in [2.05, 4.69) is 15.6 Å². The molecule has 0 saturated heterocycles. The monoisotopic (exact) mass is 354 g/mol. The highest BCUT2D eigenvalue weighted by Gasteiger charge is 2.13. The molecule has 0 radical (unpaired) electrons. The molecular weight excluding hydrogens is 331 g/mol. The van der Waals surface area contributed by atoms with Crippen LogP contribution in [-0.4, -0.2) is 28.2 Å². The van der Waals surface area contributed by atoms with Gasteiger partial charge in [-0.3, -0.25) is 0 Å². The molecule has 2 amide bonds. The van der Waals surface area contributed by atoms with Gasteiger partial charge in [-0.25, -0.2) is 14.2 Å². The number of imidazole rings is 1. The Balaban J connectivity index is 1.81. The second kappa shape index (κ2) is 7.99. The minimum absolute atomic E-state index is 0.138. The van der Waals surface area contributed by atoms with Crippen molar-refractivity contribution in [2.24, 2.45) is 0 Å². The topological polar surface area (TPSA) is 59.0 Å². The number of nitrogens with one attached hydrogen (secondary N) is 2. The van der Waals surface area contributed by atoms with Gasteiger partial charge < -0.3 is 15.2 Å². The Morgan fingerprint density at radius 3 is 2.65 bits per heavy atom. The van der Waals surface area contributed by atoms with Gasteiger partial charge in [-0.05, 0) is 49.7 Å². The quantitative estimate of drug-likeness (QED) is 0.704. The molecule has 1 heterocycles. The number of amides is 2. The Kier molecular flexibility index (Phi) is 5.51. The van der Waals surface area contributed by atoms with Crippen molar-refractivity contribution < 1.29 is 9.18 Å². The van der Waals surface area contributed by atoms with Gasteiger partial charge >= 0.3 is 6.03 Å². The lowest BCUT2D eigenvalue weighted by Gasteiger charge is -2.14. The van der Waals surface area contributed by atoms with Gasteiger partial charge in [0.25, 0.3) is 0 Å². The first-order valence-corrected chi connectivity index (χ1v) is 8.84. The number of fused-ring (bicyclic) bond motifs is 1. The molecule has 0 aliphatic heterocycles. The Labute approximate surface area is 152 Å². The van der Waals surface area contributed by atoms with Crippen LogP contribution >= 0.6 is 0 Å². The third-order valence-corrected chi connectivity index (χ3v) is 4.37. The summed E-state index contributed by atoms with van der Waals surface area (Å²) in [4.78, 5) is 16.6. The Morgan fingerprint density at radius 1 is 1.19 bits per heavy atom. The summed E-state index contributed by atoms with van der Waals surface area (Å²) in [6, 6.07) is 14.1. The zero-order valence-electron chi connectivity index (χ0n) is 15.0. The van der Waals surface area contributed by atoms with Crippen molar-refractivity contribution >= 4 is 17.1 Å². The van der Waals surface area contributed by atoms with E-state index in [1.165, 1.54) is 12.1 Å². The highest BCUT2D eigenvalue weighted by Crippen LogP contribution is 2.24. The lowest BCUT2D eigenvalue weighted by atomic mass is 10.2. The summed E-state index contributed by atoms with van der Waals surface area (Å²) in [7, 11) is 0. The maximum Gasteiger partial charge on any atom is 0.315 e. The van der Waals surface area contributed by atoms with Crippen LogP contribution in [0.2, 0.25) is 0 Å². The maximum atomic E-state index is 13.3. The predicted molar refractivity (Wildman–Crippen MR) is 101 cm³/mol. The molecule has 2 aromatic carbocycles. The van der Waals surface area contributed by atoms with E-state index in [1.54, 1.807) is 12.1 Å². The Morgan fingerprint density at radius 2 is 1.92 bits per heavy atom. The number of hydrogen-bond donors (Lipinski definition) is 2. The van der Waals surface area contributed by atoms with Gasteiger partial charge in [-0.15, -0.1) is 0 Å². The molecule has 1 unspecified atom stereocenters. The Bertz CT molecular complexity index is 888. The van der Waals surface area contributed by atoms with Crippen molar-refractivity contribution in [2.45, 2.75) is 32.9 Å². The largest absolute Gasteiger partial charge is 0.336 e. The number of nitrogens with zero attached hydrogens (tertiary/aromatic N) is 2. The van der Waals surface area contributed by atoms with Crippen LogP contribution in [-0.2, 0) is 6.54 Å². The third-order valence-electron chi connectivity index (χ3n) is 4.37. The van der Waals surface area contributed by atoms with Crippen LogP contribution in [0, 0.1) is 5.82 Å². The number of carbonyl (C=O) groups excluding carboxylic acids is 1. The van der Waals surface area contributed by atoms with Crippen LogP contribution in [0.15, 0.2) is 48.5 Å². The number of halogens is 1. The summed E-state index contributed by atoms with van der Waals surface area (Å²) in [5.41, 5.74) is 2.69. The molecule has 26 heavy (non-hydrogen) atoms. The average Bonchev–Trinajstić information content (AvgIpc) is 3.01. The van der Waals surface area contributed by atoms with Crippen LogP contribution < -0.4 is 10.6 Å². The summed E-state index contributed by atoms with van der Waals surface area (Å²) in [6.07, 6.45) is 0.883. The first-order valence-electron chi connectivity index (χ1n) is 8.84. The van der Waals surface area contributed by atoms with Crippen molar-refractivity contribution in [2.75, 3.05) is 6.54 Å². The number of benzene rings is 2. The molecule has 0 fully saturated rings. The van der Waals surface area contributed by atoms with Crippen LogP contribution in [0.5, 0.6) is 0 Å². The fraction of sp³-hybridized carbons (Fsp3) is 0.300. The van der Waals surface area contributed by atoms with Gasteiger partial charge in [-0.2, -0.15) is 0 Å². The minimum Gasteiger partial charge on any atom is -0.336 e. The van der Waals surface area contributed by atoms with Gasteiger partial charge in [-0.1, -0.05) is 19.1 Å². The van der Waals surface area contributed by atoms with E-state index in [1.807, 2.05) is 42.7 Å². The molecule has 2 N–H and O–H groups in total. The van der Waals surface area contributed by atoms with Gasteiger partial charge in [0.1, 0.15) is 11.6 Å². The van der Waals surface area contributed by atoms with Crippen molar-refractivity contribution in [1.82, 2.24) is 20.2 Å². The lowest BCUT2D eigenvalue weighted by Crippen LogP contribution is -2.41. The van der Waals surface area contributed by atoms with E-state index < -0.39 is 0 Å². The molecule has 1 aromatic heterocycles. The maximum absolute atomic E-state index is 13.3. The second-order valence-electron chi connectivity index (χ2n) is 6.29. The summed E-state index contributed by atoms with van der Waals surface area (Å²) in [6.45, 7) is 5.03. The smallest absolute Gasteiger partial charge is 0.315 e. The van der Waals surface area contributed by atoms with E-state index in [9.17, 15) is 9.18 Å². The molecule has 5 nitrogen and oxygen atoms in total. The normalized spacial score (nSPS) is 12.1. The summed E-state index contributed by atoms with van der Waals surface area (Å²) < 4.78 is 15.3. The van der Waals surface area contributed by atoms with E-state index in [0.717, 1.165) is 28.8 Å². The molecule has 0 saturated carbocycles. The molecule has 6 heteroatoms. The summed E-state index contributed by atoms with van der Waals surface area (Å²) in [5, 5.41) is 5.76. The summed E-state index contributed by atoms with van der Waals surface area (Å²) in [5.74, 6) is 0.482. The highest BCUT2D eigenvalue weighted by atomic mass is 19.1.